The molecule has 1 fully saturated rings. The Morgan fingerprint density at radius 2 is 1.65 bits per heavy atom. The molecule has 5 nitrogen and oxygen atoms in total. The number of ether oxygens (including phenoxy) is 1. The van der Waals surface area contributed by atoms with Gasteiger partial charge in [0.05, 0.1) is 6.61 Å². The van der Waals surface area contributed by atoms with Crippen LogP contribution in [0.3, 0.4) is 0 Å². The summed E-state index contributed by atoms with van der Waals surface area (Å²) in [4.78, 5) is 26.4. The van der Waals surface area contributed by atoms with Crippen LogP contribution in [0.5, 0.6) is 0 Å². The average molecular weight is 284 g/mol. The predicted molar refractivity (Wildman–Crippen MR) is 78.4 cm³/mol. The summed E-state index contributed by atoms with van der Waals surface area (Å²) in [6.07, 6.45) is 0.620. The van der Waals surface area contributed by atoms with Crippen molar-refractivity contribution in [3.8, 4) is 0 Å². The number of carbonyl (C=O) groups excluding carboxylic acids is 2. The Morgan fingerprint density at radius 1 is 1.20 bits per heavy atom. The van der Waals surface area contributed by atoms with Gasteiger partial charge in [0.15, 0.2) is 0 Å². The van der Waals surface area contributed by atoms with E-state index in [2.05, 4.69) is 5.32 Å². The highest BCUT2D eigenvalue weighted by Crippen LogP contribution is 2.56. The van der Waals surface area contributed by atoms with E-state index in [9.17, 15) is 9.59 Å². The molecule has 1 atom stereocenters. The molecule has 0 aromatic carbocycles. The molecule has 116 valence electrons. The number of nitrogens with zero attached hydrogens (tertiary/aromatic N) is 1. The predicted octanol–water partition coefficient (Wildman–Crippen LogP) is 2.55. The van der Waals surface area contributed by atoms with E-state index in [1.165, 1.54) is 0 Å². The van der Waals surface area contributed by atoms with Crippen LogP contribution in [-0.2, 0) is 9.53 Å². The van der Waals surface area contributed by atoms with Gasteiger partial charge >= 0.3 is 12.0 Å². The van der Waals surface area contributed by atoms with Gasteiger partial charge in [-0.2, -0.15) is 0 Å². The van der Waals surface area contributed by atoms with Crippen LogP contribution in [0.25, 0.3) is 0 Å². The van der Waals surface area contributed by atoms with Crippen molar-refractivity contribution in [2.75, 3.05) is 6.61 Å². The number of rotatable bonds is 5. The summed E-state index contributed by atoms with van der Waals surface area (Å²) >= 11 is 0. The molecule has 1 N–H and O–H groups in total. The Kier molecular flexibility index (Phi) is 4.72. The summed E-state index contributed by atoms with van der Waals surface area (Å²) in [5.74, 6) is -0.328. The molecule has 20 heavy (non-hydrogen) atoms. The monoisotopic (exact) mass is 284 g/mol. The maximum absolute atomic E-state index is 12.5. The molecule has 0 aromatic rings. The molecule has 0 spiro atoms. The van der Waals surface area contributed by atoms with Gasteiger partial charge in [0.2, 0.25) is 0 Å². The van der Waals surface area contributed by atoms with Crippen molar-refractivity contribution in [2.45, 2.75) is 72.5 Å². The first-order valence-corrected chi connectivity index (χ1v) is 7.36. The number of hydrogen-bond acceptors (Lipinski definition) is 3. The average Bonchev–Trinajstić information content (AvgIpc) is 2.80. The molecule has 2 amide bonds. The maximum atomic E-state index is 12.5. The van der Waals surface area contributed by atoms with Crippen LogP contribution in [0.4, 0.5) is 4.79 Å². The summed E-state index contributed by atoms with van der Waals surface area (Å²) in [5.41, 5.74) is -1.13. The fraction of sp³-hybridized carbons (Fsp3) is 0.867. The molecule has 0 bridgehead atoms. The first-order chi connectivity index (χ1) is 9.09. The molecule has 0 aliphatic heterocycles. The van der Waals surface area contributed by atoms with Gasteiger partial charge in [0.25, 0.3) is 0 Å². The Labute approximate surface area is 122 Å². The van der Waals surface area contributed by atoms with E-state index in [0.717, 1.165) is 0 Å². The topological polar surface area (TPSA) is 58.6 Å². The number of amides is 2. The highest BCUT2D eigenvalue weighted by Gasteiger charge is 2.69. The van der Waals surface area contributed by atoms with Gasteiger partial charge in [-0.05, 0) is 41.0 Å². The lowest BCUT2D eigenvalue weighted by Gasteiger charge is -2.33. The Morgan fingerprint density at radius 3 is 1.95 bits per heavy atom. The third-order valence-electron chi connectivity index (χ3n) is 4.03. The van der Waals surface area contributed by atoms with E-state index in [0.29, 0.717) is 13.0 Å². The van der Waals surface area contributed by atoms with Crippen molar-refractivity contribution in [1.29, 1.82) is 0 Å². The smallest absolute Gasteiger partial charge is 0.332 e. The molecular weight excluding hydrogens is 256 g/mol. The van der Waals surface area contributed by atoms with Crippen molar-refractivity contribution in [3.63, 3.8) is 0 Å². The molecule has 5 heteroatoms. The summed E-state index contributed by atoms with van der Waals surface area (Å²) in [7, 11) is 0. The minimum atomic E-state index is -0.873. The lowest BCUT2D eigenvalue weighted by Crippen LogP contribution is -2.55. The van der Waals surface area contributed by atoms with Crippen molar-refractivity contribution in [1.82, 2.24) is 10.2 Å². The molecule has 1 rings (SSSR count). The second kappa shape index (κ2) is 5.62. The first-order valence-electron chi connectivity index (χ1n) is 7.36. The largest absolute Gasteiger partial charge is 0.464 e. The third kappa shape index (κ3) is 2.91. The van der Waals surface area contributed by atoms with Gasteiger partial charge in [0.1, 0.15) is 5.54 Å². The first kappa shape index (κ1) is 16.8. The second-order valence-corrected chi connectivity index (χ2v) is 6.71. The van der Waals surface area contributed by atoms with Crippen LogP contribution < -0.4 is 5.32 Å². The van der Waals surface area contributed by atoms with Gasteiger partial charge in [-0.15, -0.1) is 0 Å². The van der Waals surface area contributed by atoms with E-state index >= 15 is 0 Å². The minimum absolute atomic E-state index is 0.0797. The van der Waals surface area contributed by atoms with Crippen LogP contribution in [0.15, 0.2) is 0 Å². The van der Waals surface area contributed by atoms with Crippen LogP contribution in [0.2, 0.25) is 0 Å². The standard InChI is InChI=1S/C15H28N2O3/c1-8-20-12(18)15(9-14(15,6)7)16-13(19)17(10(2)3)11(4)5/h10-11H,8-9H2,1-7H3,(H,16,19). The number of urea groups is 1. The molecule has 1 unspecified atom stereocenters. The summed E-state index contributed by atoms with van der Waals surface area (Å²) in [5, 5.41) is 2.92. The normalized spacial score (nSPS) is 23.6. The zero-order chi connectivity index (χ0) is 15.7. The van der Waals surface area contributed by atoms with Crippen molar-refractivity contribution < 1.29 is 14.3 Å². The van der Waals surface area contributed by atoms with Crippen LogP contribution in [-0.4, -0.2) is 41.1 Å². The molecule has 0 saturated heterocycles. The van der Waals surface area contributed by atoms with E-state index < -0.39 is 5.54 Å². The minimum Gasteiger partial charge on any atom is -0.464 e. The second-order valence-electron chi connectivity index (χ2n) is 6.71. The fourth-order valence-electron chi connectivity index (χ4n) is 2.80. The number of hydrogen-bond donors (Lipinski definition) is 1. The van der Waals surface area contributed by atoms with Gasteiger partial charge in [-0.1, -0.05) is 13.8 Å². The van der Waals surface area contributed by atoms with Gasteiger partial charge in [-0.25, -0.2) is 9.59 Å². The SMILES string of the molecule is CCOC(=O)C1(NC(=O)N(C(C)C)C(C)C)CC1(C)C. The van der Waals surface area contributed by atoms with Gasteiger partial charge < -0.3 is 15.0 Å². The van der Waals surface area contributed by atoms with E-state index in [1.54, 1.807) is 11.8 Å². The number of esters is 1. The molecule has 1 saturated carbocycles. The maximum Gasteiger partial charge on any atom is 0.332 e. The lowest BCUT2D eigenvalue weighted by molar-refractivity contribution is -0.147. The van der Waals surface area contributed by atoms with Crippen molar-refractivity contribution in [2.24, 2.45) is 5.41 Å². The van der Waals surface area contributed by atoms with E-state index in [-0.39, 0.29) is 29.5 Å². The highest BCUT2D eigenvalue weighted by atomic mass is 16.5. The molecule has 0 radical (unpaired) electrons. The zero-order valence-electron chi connectivity index (χ0n) is 13.7. The summed E-state index contributed by atoms with van der Waals surface area (Å²) < 4.78 is 5.13. The van der Waals surface area contributed by atoms with Gasteiger partial charge in [-0.3, -0.25) is 0 Å². The Balaban J connectivity index is 2.88. The van der Waals surface area contributed by atoms with Crippen LogP contribution in [0, 0.1) is 5.41 Å². The summed E-state index contributed by atoms with van der Waals surface area (Å²) in [6, 6.07) is -0.0409. The third-order valence-corrected chi connectivity index (χ3v) is 4.03. The van der Waals surface area contributed by atoms with Crippen molar-refractivity contribution >= 4 is 12.0 Å². The molecule has 0 heterocycles. The number of nitrogens with one attached hydrogen (secondary N) is 1. The molecular formula is C15H28N2O3. The summed E-state index contributed by atoms with van der Waals surface area (Å²) in [6.45, 7) is 13.9. The van der Waals surface area contributed by atoms with Crippen LogP contribution >= 0.6 is 0 Å². The zero-order valence-corrected chi connectivity index (χ0v) is 13.7. The quantitative estimate of drug-likeness (QED) is 0.789. The van der Waals surface area contributed by atoms with Crippen molar-refractivity contribution in [3.05, 3.63) is 0 Å². The number of carbonyl (C=O) groups is 2. The molecule has 1 aliphatic rings. The highest BCUT2D eigenvalue weighted by molar-refractivity contribution is 5.92. The Bertz CT molecular complexity index is 383. The fourth-order valence-corrected chi connectivity index (χ4v) is 2.80. The van der Waals surface area contributed by atoms with Gasteiger partial charge in [0, 0.05) is 17.5 Å². The molecule has 1 aliphatic carbocycles. The lowest BCUT2D eigenvalue weighted by atomic mass is 10.0. The molecule has 0 aromatic heterocycles. The van der Waals surface area contributed by atoms with Crippen LogP contribution in [0.1, 0.15) is 54.9 Å². The Hall–Kier alpha value is -1.26. The van der Waals surface area contributed by atoms with E-state index in [1.807, 2.05) is 41.5 Å². The van der Waals surface area contributed by atoms with E-state index in [4.69, 9.17) is 4.74 Å².